The first-order valence-corrected chi connectivity index (χ1v) is 8.82. The zero-order valence-corrected chi connectivity index (χ0v) is 13.9. The number of carbonyl (C=O) groups is 1. The summed E-state index contributed by atoms with van der Waals surface area (Å²) in [6, 6.07) is 12.2. The van der Waals surface area contributed by atoms with Gasteiger partial charge in [-0.3, -0.25) is 4.79 Å². The predicted octanol–water partition coefficient (Wildman–Crippen LogP) is 2.85. The van der Waals surface area contributed by atoms with Gasteiger partial charge < -0.3 is 10.1 Å². The summed E-state index contributed by atoms with van der Waals surface area (Å²) in [6.45, 7) is -0.705. The standard InChI is InChI=1S/C16H13ClN2O4S/c17-13-8-10(11-2-1-3-14-12(11)6-7-18-14)4-5-15(13)24(22,23)19-9-16(20)21/h1-8,18-19H,9H2,(H,20,21). The number of hydrogen-bond donors (Lipinski definition) is 3. The van der Waals surface area contributed by atoms with Gasteiger partial charge in [0.05, 0.1) is 5.02 Å². The van der Waals surface area contributed by atoms with Crippen LogP contribution in [-0.4, -0.2) is 31.0 Å². The lowest BCUT2D eigenvalue weighted by Gasteiger charge is -2.09. The van der Waals surface area contributed by atoms with Crippen molar-refractivity contribution in [1.82, 2.24) is 9.71 Å². The molecule has 124 valence electrons. The molecule has 0 aliphatic heterocycles. The first-order valence-electron chi connectivity index (χ1n) is 6.96. The lowest BCUT2D eigenvalue weighted by Crippen LogP contribution is -2.29. The number of hydrogen-bond acceptors (Lipinski definition) is 3. The van der Waals surface area contributed by atoms with Gasteiger partial charge in [-0.1, -0.05) is 29.8 Å². The van der Waals surface area contributed by atoms with Crippen molar-refractivity contribution in [3.05, 3.63) is 53.7 Å². The number of halogens is 1. The van der Waals surface area contributed by atoms with Gasteiger partial charge in [0, 0.05) is 17.1 Å². The third kappa shape index (κ3) is 3.14. The second-order valence-corrected chi connectivity index (χ2v) is 7.25. The average molecular weight is 365 g/mol. The number of benzene rings is 2. The maximum Gasteiger partial charge on any atom is 0.318 e. The molecule has 0 saturated carbocycles. The number of carboxylic acids is 1. The molecule has 3 rings (SSSR count). The van der Waals surface area contributed by atoms with Crippen LogP contribution in [0.3, 0.4) is 0 Å². The van der Waals surface area contributed by atoms with Crippen LogP contribution in [0.5, 0.6) is 0 Å². The SMILES string of the molecule is O=C(O)CNS(=O)(=O)c1ccc(-c2cccc3[nH]ccc23)cc1Cl. The number of carboxylic acid groups (broad SMARTS) is 1. The fourth-order valence-corrected chi connectivity index (χ4v) is 3.98. The molecule has 0 spiro atoms. The van der Waals surface area contributed by atoms with E-state index in [1.54, 1.807) is 12.1 Å². The minimum absolute atomic E-state index is 0.0259. The van der Waals surface area contributed by atoms with Crippen LogP contribution in [0.4, 0.5) is 0 Å². The molecule has 0 fully saturated rings. The van der Waals surface area contributed by atoms with Crippen LogP contribution in [0.1, 0.15) is 0 Å². The van der Waals surface area contributed by atoms with E-state index in [0.29, 0.717) is 0 Å². The van der Waals surface area contributed by atoms with Gasteiger partial charge in [-0.25, -0.2) is 8.42 Å². The van der Waals surface area contributed by atoms with Crippen molar-refractivity contribution in [1.29, 1.82) is 0 Å². The van der Waals surface area contributed by atoms with Crippen LogP contribution in [0.2, 0.25) is 5.02 Å². The molecule has 0 bridgehead atoms. The number of sulfonamides is 1. The summed E-state index contributed by atoms with van der Waals surface area (Å²) in [6.07, 6.45) is 1.82. The predicted molar refractivity (Wildman–Crippen MR) is 91.6 cm³/mol. The van der Waals surface area contributed by atoms with Crippen molar-refractivity contribution < 1.29 is 18.3 Å². The average Bonchev–Trinajstić information content (AvgIpc) is 3.01. The molecular weight excluding hydrogens is 352 g/mol. The first-order chi connectivity index (χ1) is 11.4. The quantitative estimate of drug-likeness (QED) is 0.648. The lowest BCUT2D eigenvalue weighted by atomic mass is 10.0. The van der Waals surface area contributed by atoms with Gasteiger partial charge in [0.2, 0.25) is 10.0 Å². The second-order valence-electron chi connectivity index (χ2n) is 5.11. The number of rotatable bonds is 5. The van der Waals surface area contributed by atoms with E-state index in [0.717, 1.165) is 22.0 Å². The monoisotopic (exact) mass is 364 g/mol. The van der Waals surface area contributed by atoms with Gasteiger partial charge in [-0.05, 0) is 35.4 Å². The van der Waals surface area contributed by atoms with Gasteiger partial charge in [0.15, 0.2) is 0 Å². The third-order valence-corrected chi connectivity index (χ3v) is 5.42. The summed E-state index contributed by atoms with van der Waals surface area (Å²) in [4.78, 5) is 13.5. The molecule has 2 aromatic carbocycles. The molecule has 3 aromatic rings. The Morgan fingerprint density at radius 2 is 2.00 bits per heavy atom. The number of aromatic nitrogens is 1. The normalized spacial score (nSPS) is 11.7. The zero-order chi connectivity index (χ0) is 17.3. The van der Waals surface area contributed by atoms with Crippen LogP contribution < -0.4 is 4.72 Å². The molecule has 1 aromatic heterocycles. The molecule has 0 unspecified atom stereocenters. The van der Waals surface area contributed by atoms with Crippen molar-refractivity contribution in [2.75, 3.05) is 6.54 Å². The zero-order valence-electron chi connectivity index (χ0n) is 12.3. The maximum atomic E-state index is 12.1. The van der Waals surface area contributed by atoms with E-state index >= 15 is 0 Å². The summed E-state index contributed by atoms with van der Waals surface area (Å²) in [5, 5.41) is 9.62. The Kier molecular flexibility index (Phi) is 4.31. The van der Waals surface area contributed by atoms with Gasteiger partial charge in [-0.2, -0.15) is 4.72 Å². The Morgan fingerprint density at radius 1 is 1.21 bits per heavy atom. The molecule has 0 aliphatic rings. The molecule has 24 heavy (non-hydrogen) atoms. The van der Waals surface area contributed by atoms with E-state index in [2.05, 4.69) is 4.98 Å². The molecule has 0 aliphatic carbocycles. The Morgan fingerprint density at radius 3 is 2.71 bits per heavy atom. The van der Waals surface area contributed by atoms with E-state index in [4.69, 9.17) is 16.7 Å². The highest BCUT2D eigenvalue weighted by atomic mass is 35.5. The number of aliphatic carboxylic acids is 1. The Bertz CT molecular complexity index is 1030. The van der Waals surface area contributed by atoms with Crippen molar-refractivity contribution in [2.45, 2.75) is 4.90 Å². The minimum Gasteiger partial charge on any atom is -0.480 e. The Hall–Kier alpha value is -2.35. The van der Waals surface area contributed by atoms with Gasteiger partial charge in [-0.15, -0.1) is 0 Å². The topological polar surface area (TPSA) is 99.3 Å². The van der Waals surface area contributed by atoms with E-state index in [1.165, 1.54) is 6.07 Å². The van der Waals surface area contributed by atoms with Crippen molar-refractivity contribution in [3.8, 4) is 11.1 Å². The van der Waals surface area contributed by atoms with Crippen LogP contribution in [-0.2, 0) is 14.8 Å². The summed E-state index contributed by atoms with van der Waals surface area (Å²) in [5.41, 5.74) is 2.64. The van der Waals surface area contributed by atoms with Crippen molar-refractivity contribution in [2.24, 2.45) is 0 Å². The van der Waals surface area contributed by atoms with E-state index < -0.39 is 22.5 Å². The number of aromatic amines is 1. The summed E-state index contributed by atoms with van der Waals surface area (Å²) in [5.74, 6) is -1.27. The smallest absolute Gasteiger partial charge is 0.318 e. The number of nitrogens with one attached hydrogen (secondary N) is 2. The third-order valence-electron chi connectivity index (χ3n) is 3.54. The first kappa shape index (κ1) is 16.5. The summed E-state index contributed by atoms with van der Waals surface area (Å²) >= 11 is 6.13. The molecular formula is C16H13ClN2O4S. The molecule has 0 atom stereocenters. The molecule has 1 heterocycles. The molecule has 3 N–H and O–H groups in total. The summed E-state index contributed by atoms with van der Waals surface area (Å²) in [7, 11) is -3.99. The molecule has 0 amide bonds. The van der Waals surface area contributed by atoms with Crippen LogP contribution >= 0.6 is 11.6 Å². The Balaban J connectivity index is 2.02. The van der Waals surface area contributed by atoms with Crippen molar-refractivity contribution in [3.63, 3.8) is 0 Å². The van der Waals surface area contributed by atoms with E-state index in [-0.39, 0.29) is 9.92 Å². The van der Waals surface area contributed by atoms with Gasteiger partial charge in [0.25, 0.3) is 0 Å². The lowest BCUT2D eigenvalue weighted by molar-refractivity contribution is -0.135. The highest BCUT2D eigenvalue weighted by molar-refractivity contribution is 7.89. The largest absolute Gasteiger partial charge is 0.480 e. The van der Waals surface area contributed by atoms with Crippen LogP contribution in [0.25, 0.3) is 22.0 Å². The Labute approximate surface area is 143 Å². The maximum absolute atomic E-state index is 12.1. The fourth-order valence-electron chi connectivity index (χ4n) is 2.46. The minimum atomic E-state index is -3.99. The van der Waals surface area contributed by atoms with E-state index in [9.17, 15) is 13.2 Å². The van der Waals surface area contributed by atoms with E-state index in [1.807, 2.05) is 35.2 Å². The molecule has 6 nitrogen and oxygen atoms in total. The van der Waals surface area contributed by atoms with Gasteiger partial charge in [0.1, 0.15) is 11.4 Å². The van der Waals surface area contributed by atoms with Crippen LogP contribution in [0, 0.1) is 0 Å². The molecule has 8 heteroatoms. The van der Waals surface area contributed by atoms with Gasteiger partial charge >= 0.3 is 5.97 Å². The van der Waals surface area contributed by atoms with Crippen molar-refractivity contribution >= 4 is 38.5 Å². The highest BCUT2D eigenvalue weighted by Gasteiger charge is 2.19. The summed E-state index contributed by atoms with van der Waals surface area (Å²) < 4.78 is 26.2. The molecule has 0 saturated heterocycles. The fraction of sp³-hybridized carbons (Fsp3) is 0.0625. The number of fused-ring (bicyclic) bond motifs is 1. The van der Waals surface area contributed by atoms with Crippen LogP contribution in [0.15, 0.2) is 53.6 Å². The molecule has 0 radical (unpaired) electrons. The second kappa shape index (κ2) is 6.27. The highest BCUT2D eigenvalue weighted by Crippen LogP contribution is 2.32. The number of H-pyrrole nitrogens is 1.